The molecule has 0 unspecified atom stereocenters. The third-order valence-corrected chi connectivity index (χ3v) is 2.70. The van der Waals surface area contributed by atoms with E-state index < -0.39 is 10.8 Å². The smallest absolute Gasteiger partial charge is 0.239 e. The highest BCUT2D eigenvalue weighted by molar-refractivity contribution is 6.17. The minimum atomic E-state index is -0.600. The van der Waals surface area contributed by atoms with Crippen LogP contribution in [0.25, 0.3) is 0 Å². The molecule has 0 fully saturated rings. The van der Waals surface area contributed by atoms with Crippen molar-refractivity contribution in [3.63, 3.8) is 0 Å². The first-order valence-electron chi connectivity index (χ1n) is 6.49. The highest BCUT2D eigenvalue weighted by atomic mass is 16.2. The van der Waals surface area contributed by atoms with E-state index >= 15 is 0 Å². The Hall–Kier alpha value is -1.64. The average molecular weight is 261 g/mol. The maximum Gasteiger partial charge on any atom is 0.239 e. The van der Waals surface area contributed by atoms with Gasteiger partial charge in [-0.15, -0.1) is 0 Å². The summed E-state index contributed by atoms with van der Waals surface area (Å²) in [6.07, 6.45) is 0. The van der Waals surface area contributed by atoms with Crippen molar-refractivity contribution >= 4 is 17.5 Å². The van der Waals surface area contributed by atoms with E-state index in [-0.39, 0.29) is 11.8 Å². The van der Waals surface area contributed by atoms with Crippen LogP contribution in [-0.2, 0) is 9.59 Å². The average Bonchev–Trinajstić information content (AvgIpc) is 2.28. The van der Waals surface area contributed by atoms with Crippen LogP contribution >= 0.6 is 0 Å². The van der Waals surface area contributed by atoms with Gasteiger partial charge in [-0.1, -0.05) is 59.7 Å². The summed E-state index contributed by atoms with van der Waals surface area (Å²) in [5, 5.41) is 0. The van der Waals surface area contributed by atoms with Gasteiger partial charge in [0.15, 0.2) is 0 Å². The van der Waals surface area contributed by atoms with Crippen LogP contribution in [0.3, 0.4) is 0 Å². The van der Waals surface area contributed by atoms with E-state index in [2.05, 4.69) is 0 Å². The van der Waals surface area contributed by atoms with Gasteiger partial charge < -0.3 is 0 Å². The number of nitrogens with zero attached hydrogens (tertiary/aromatic N) is 1. The number of hydrogen-bond donors (Lipinski definition) is 0. The Labute approximate surface area is 115 Å². The summed E-state index contributed by atoms with van der Waals surface area (Å²) in [6.45, 7) is 10.9. The van der Waals surface area contributed by atoms with Crippen LogP contribution in [0, 0.1) is 10.8 Å². The summed E-state index contributed by atoms with van der Waals surface area (Å²) in [7, 11) is 0. The monoisotopic (exact) mass is 261 g/mol. The van der Waals surface area contributed by atoms with Gasteiger partial charge in [-0.05, 0) is 12.1 Å². The highest BCUT2D eigenvalue weighted by Crippen LogP contribution is 2.28. The van der Waals surface area contributed by atoms with Crippen molar-refractivity contribution in [1.29, 1.82) is 0 Å². The molecule has 0 aliphatic heterocycles. The van der Waals surface area contributed by atoms with Crippen LogP contribution in [0.5, 0.6) is 0 Å². The second kappa shape index (κ2) is 5.16. The minimum Gasteiger partial charge on any atom is -0.273 e. The quantitative estimate of drug-likeness (QED) is 0.774. The Bertz CT molecular complexity index is 438. The number of rotatable bonds is 1. The lowest BCUT2D eigenvalue weighted by Gasteiger charge is -2.32. The van der Waals surface area contributed by atoms with Gasteiger partial charge in [0.2, 0.25) is 11.8 Å². The van der Waals surface area contributed by atoms with Crippen molar-refractivity contribution in [3.05, 3.63) is 30.3 Å². The molecule has 3 nitrogen and oxygen atoms in total. The molecule has 0 spiro atoms. The molecule has 0 aliphatic carbocycles. The van der Waals surface area contributed by atoms with Crippen molar-refractivity contribution in [3.8, 4) is 0 Å². The summed E-state index contributed by atoms with van der Waals surface area (Å²) in [5.41, 5.74) is -0.574. The van der Waals surface area contributed by atoms with Gasteiger partial charge >= 0.3 is 0 Å². The molecule has 1 aromatic rings. The SMILES string of the molecule is CC(C)(C)C(=O)N(C(=O)C(C)(C)C)c1ccccc1. The normalized spacial score (nSPS) is 12.1. The summed E-state index contributed by atoms with van der Waals surface area (Å²) in [4.78, 5) is 26.4. The summed E-state index contributed by atoms with van der Waals surface area (Å²) >= 11 is 0. The van der Waals surface area contributed by atoms with Gasteiger partial charge in [-0.3, -0.25) is 9.59 Å². The summed E-state index contributed by atoms with van der Waals surface area (Å²) in [5.74, 6) is -0.364. The van der Waals surface area contributed by atoms with Crippen LogP contribution < -0.4 is 4.90 Å². The molecule has 2 amide bonds. The maximum absolute atomic E-state index is 12.6. The molecule has 0 atom stereocenters. The lowest BCUT2D eigenvalue weighted by Crippen LogP contribution is -2.48. The zero-order valence-electron chi connectivity index (χ0n) is 12.7. The molecule has 0 saturated heterocycles. The van der Waals surface area contributed by atoms with Gasteiger partial charge in [-0.25, -0.2) is 4.90 Å². The van der Waals surface area contributed by atoms with Gasteiger partial charge in [0.05, 0.1) is 5.69 Å². The molecule has 1 aromatic carbocycles. The molecular weight excluding hydrogens is 238 g/mol. The number of hydrogen-bond acceptors (Lipinski definition) is 2. The van der Waals surface area contributed by atoms with Crippen molar-refractivity contribution in [2.45, 2.75) is 41.5 Å². The molecule has 104 valence electrons. The van der Waals surface area contributed by atoms with Gasteiger partial charge in [0, 0.05) is 10.8 Å². The minimum absolute atomic E-state index is 0.182. The molecule has 19 heavy (non-hydrogen) atoms. The molecule has 0 aliphatic rings. The fourth-order valence-electron chi connectivity index (χ4n) is 1.57. The van der Waals surface area contributed by atoms with E-state index in [1.54, 1.807) is 12.1 Å². The van der Waals surface area contributed by atoms with E-state index in [1.165, 1.54) is 4.90 Å². The van der Waals surface area contributed by atoms with Crippen molar-refractivity contribution in [1.82, 2.24) is 0 Å². The lowest BCUT2D eigenvalue weighted by molar-refractivity contribution is -0.134. The summed E-state index contributed by atoms with van der Waals surface area (Å²) in [6, 6.07) is 9.09. The Kier molecular flexibility index (Phi) is 4.18. The Morgan fingerprint density at radius 2 is 1.16 bits per heavy atom. The number of carbonyl (C=O) groups is 2. The van der Waals surface area contributed by atoms with Crippen molar-refractivity contribution < 1.29 is 9.59 Å². The zero-order chi connectivity index (χ0) is 14.8. The topological polar surface area (TPSA) is 37.4 Å². The fourth-order valence-corrected chi connectivity index (χ4v) is 1.57. The number of carbonyl (C=O) groups excluding carboxylic acids is 2. The van der Waals surface area contributed by atoms with Gasteiger partial charge in [-0.2, -0.15) is 0 Å². The van der Waals surface area contributed by atoms with Gasteiger partial charge in [0.25, 0.3) is 0 Å². The Morgan fingerprint density at radius 1 is 0.789 bits per heavy atom. The third-order valence-electron chi connectivity index (χ3n) is 2.70. The largest absolute Gasteiger partial charge is 0.273 e. The molecule has 0 radical (unpaired) electrons. The van der Waals surface area contributed by atoms with Crippen molar-refractivity contribution in [2.75, 3.05) is 4.90 Å². The van der Waals surface area contributed by atoms with E-state index in [0.29, 0.717) is 5.69 Å². The second-order valence-corrected chi connectivity index (χ2v) is 6.78. The molecular formula is C16H23NO2. The van der Waals surface area contributed by atoms with Crippen LogP contribution in [0.1, 0.15) is 41.5 Å². The van der Waals surface area contributed by atoms with E-state index in [0.717, 1.165) is 0 Å². The zero-order valence-corrected chi connectivity index (χ0v) is 12.7. The summed E-state index contributed by atoms with van der Waals surface area (Å²) < 4.78 is 0. The standard InChI is InChI=1S/C16H23NO2/c1-15(2,3)13(18)17(14(19)16(4,5)6)12-10-8-7-9-11-12/h7-11H,1-6H3. The van der Waals surface area contributed by atoms with E-state index in [9.17, 15) is 9.59 Å². The number of imide groups is 1. The number of para-hydroxylation sites is 1. The van der Waals surface area contributed by atoms with Crippen LogP contribution in [0.2, 0.25) is 0 Å². The number of amides is 2. The maximum atomic E-state index is 12.6. The first-order valence-corrected chi connectivity index (χ1v) is 6.49. The predicted molar refractivity (Wildman–Crippen MR) is 77.8 cm³/mol. The number of anilines is 1. The molecule has 1 rings (SSSR count). The third kappa shape index (κ3) is 3.66. The Morgan fingerprint density at radius 3 is 1.47 bits per heavy atom. The van der Waals surface area contributed by atoms with Crippen LogP contribution in [0.15, 0.2) is 30.3 Å². The molecule has 0 bridgehead atoms. The molecule has 0 saturated carbocycles. The van der Waals surface area contributed by atoms with Gasteiger partial charge in [0.1, 0.15) is 0 Å². The fraction of sp³-hybridized carbons (Fsp3) is 0.500. The molecule has 0 N–H and O–H groups in total. The second-order valence-electron chi connectivity index (χ2n) is 6.78. The Balaban J connectivity index is 3.28. The van der Waals surface area contributed by atoms with Crippen LogP contribution in [0.4, 0.5) is 5.69 Å². The number of benzene rings is 1. The predicted octanol–water partition coefficient (Wildman–Crippen LogP) is 3.64. The molecule has 3 heteroatoms. The first-order chi connectivity index (χ1) is 8.55. The lowest BCUT2D eigenvalue weighted by atomic mass is 9.90. The van der Waals surface area contributed by atoms with E-state index in [1.807, 2.05) is 59.7 Å². The van der Waals surface area contributed by atoms with Crippen molar-refractivity contribution in [2.24, 2.45) is 10.8 Å². The highest BCUT2D eigenvalue weighted by Gasteiger charge is 2.37. The van der Waals surface area contributed by atoms with Crippen LogP contribution in [-0.4, -0.2) is 11.8 Å². The van der Waals surface area contributed by atoms with E-state index in [4.69, 9.17) is 0 Å². The molecule has 0 aromatic heterocycles. The molecule has 0 heterocycles. The first kappa shape index (κ1) is 15.4.